The first-order valence-corrected chi connectivity index (χ1v) is 5.15. The van der Waals surface area contributed by atoms with Crippen molar-refractivity contribution in [2.75, 3.05) is 0 Å². The Labute approximate surface area is 101 Å². The van der Waals surface area contributed by atoms with Gasteiger partial charge in [-0.05, 0) is 6.07 Å². The molecule has 0 aliphatic rings. The van der Waals surface area contributed by atoms with E-state index in [1.54, 1.807) is 18.2 Å². The van der Waals surface area contributed by atoms with Gasteiger partial charge in [-0.15, -0.1) is 0 Å². The van der Waals surface area contributed by atoms with Crippen LogP contribution in [0.5, 0.6) is 0 Å². The third kappa shape index (κ3) is 2.92. The number of nitrogens with one attached hydrogen (secondary N) is 2. The average Bonchev–Trinajstić information content (AvgIpc) is 2.27. The van der Waals surface area contributed by atoms with Crippen LogP contribution in [0.15, 0.2) is 44.9 Å². The zero-order valence-electron chi connectivity index (χ0n) is 8.61. The molecule has 0 amide bonds. The van der Waals surface area contributed by atoms with Crippen LogP contribution in [0, 0.1) is 0 Å². The van der Waals surface area contributed by atoms with Crippen LogP contribution < -0.4 is 11.2 Å². The van der Waals surface area contributed by atoms with Gasteiger partial charge in [-0.3, -0.25) is 14.8 Å². The highest BCUT2D eigenvalue weighted by atomic mass is 35.5. The van der Waals surface area contributed by atoms with Crippen LogP contribution in [0.2, 0.25) is 5.02 Å². The highest BCUT2D eigenvalue weighted by molar-refractivity contribution is 6.33. The minimum Gasteiger partial charge on any atom is -0.292 e. The molecule has 6 heteroatoms. The number of hydrogen-bond donors (Lipinski definition) is 2. The van der Waals surface area contributed by atoms with Crippen molar-refractivity contribution in [2.24, 2.45) is 4.99 Å². The van der Waals surface area contributed by atoms with Gasteiger partial charge >= 0.3 is 5.69 Å². The molecule has 1 heterocycles. The van der Waals surface area contributed by atoms with Crippen LogP contribution in [-0.4, -0.2) is 16.2 Å². The number of nitrogens with zero attached hydrogens (tertiary/aromatic N) is 1. The van der Waals surface area contributed by atoms with Crippen molar-refractivity contribution in [3.8, 4) is 0 Å². The predicted octanol–water partition coefficient (Wildman–Crippen LogP) is 1.47. The van der Waals surface area contributed by atoms with Crippen LogP contribution >= 0.6 is 11.6 Å². The van der Waals surface area contributed by atoms with Crippen LogP contribution in [0.3, 0.4) is 0 Å². The summed E-state index contributed by atoms with van der Waals surface area (Å²) in [5.74, 6) is 0.179. The second kappa shape index (κ2) is 4.80. The topological polar surface area (TPSA) is 78.1 Å². The van der Waals surface area contributed by atoms with Gasteiger partial charge in [0.1, 0.15) is 5.82 Å². The molecule has 0 atom stereocenters. The van der Waals surface area contributed by atoms with Crippen molar-refractivity contribution in [3.63, 3.8) is 0 Å². The second-order valence-electron chi connectivity index (χ2n) is 3.25. The van der Waals surface area contributed by atoms with Gasteiger partial charge in [0.05, 0.1) is 0 Å². The molecule has 0 unspecified atom stereocenters. The molecule has 2 N–H and O–H groups in total. The molecule has 0 saturated heterocycles. The molecule has 0 radical (unpaired) electrons. The number of aliphatic imine (C=N–C) groups is 1. The Bertz CT molecular complexity index is 644. The minimum atomic E-state index is -0.594. The largest absolute Gasteiger partial charge is 0.327 e. The van der Waals surface area contributed by atoms with Crippen LogP contribution in [0.1, 0.15) is 5.56 Å². The van der Waals surface area contributed by atoms with Crippen LogP contribution in [0.25, 0.3) is 0 Å². The Balaban J connectivity index is 2.36. The van der Waals surface area contributed by atoms with Crippen molar-refractivity contribution in [2.45, 2.75) is 0 Å². The first kappa shape index (κ1) is 11.3. The number of aromatic nitrogens is 2. The summed E-state index contributed by atoms with van der Waals surface area (Å²) in [4.78, 5) is 30.4. The quantitative estimate of drug-likeness (QED) is 0.791. The molecule has 0 saturated carbocycles. The first-order valence-electron chi connectivity index (χ1n) is 4.77. The monoisotopic (exact) mass is 249 g/mol. The summed E-state index contributed by atoms with van der Waals surface area (Å²) in [6.07, 6.45) is 1.48. The lowest BCUT2D eigenvalue weighted by atomic mass is 10.2. The van der Waals surface area contributed by atoms with Gasteiger partial charge < -0.3 is 0 Å². The Hall–Kier alpha value is -2.14. The van der Waals surface area contributed by atoms with Crippen molar-refractivity contribution in [1.82, 2.24) is 9.97 Å². The molecular formula is C11H8ClN3O2. The first-order chi connectivity index (χ1) is 8.15. The maximum atomic E-state index is 11.0. The van der Waals surface area contributed by atoms with Crippen molar-refractivity contribution >= 4 is 23.6 Å². The molecule has 86 valence electrons. The molecular weight excluding hydrogens is 242 g/mol. The molecule has 0 bridgehead atoms. The summed E-state index contributed by atoms with van der Waals surface area (Å²) in [5, 5.41) is 0.545. The van der Waals surface area contributed by atoms with Gasteiger partial charge in [0, 0.05) is 22.9 Å². The van der Waals surface area contributed by atoms with E-state index in [0.29, 0.717) is 10.6 Å². The minimum absolute atomic E-state index is 0.179. The SMILES string of the molecule is O=c1cc(/N=C/c2ccccc2Cl)[nH]c(=O)[nH]1. The summed E-state index contributed by atoms with van der Waals surface area (Å²) in [7, 11) is 0. The fourth-order valence-electron chi connectivity index (χ4n) is 1.24. The summed E-state index contributed by atoms with van der Waals surface area (Å²) >= 11 is 5.92. The number of halogens is 1. The van der Waals surface area contributed by atoms with Gasteiger partial charge in [-0.1, -0.05) is 29.8 Å². The van der Waals surface area contributed by atoms with E-state index in [-0.39, 0.29) is 5.82 Å². The van der Waals surface area contributed by atoms with E-state index in [1.165, 1.54) is 12.3 Å². The zero-order chi connectivity index (χ0) is 12.3. The number of H-pyrrole nitrogens is 2. The highest BCUT2D eigenvalue weighted by Gasteiger charge is 1.96. The Kier molecular flexibility index (Phi) is 3.20. The molecule has 17 heavy (non-hydrogen) atoms. The normalized spacial score (nSPS) is 10.9. The molecule has 2 rings (SSSR count). The Morgan fingerprint density at radius 1 is 1.18 bits per heavy atom. The summed E-state index contributed by atoms with van der Waals surface area (Å²) in [5.41, 5.74) is -0.390. The van der Waals surface area contributed by atoms with E-state index in [0.717, 1.165) is 0 Å². The Morgan fingerprint density at radius 3 is 2.65 bits per heavy atom. The molecule has 5 nitrogen and oxygen atoms in total. The lowest BCUT2D eigenvalue weighted by Gasteiger charge is -1.96. The third-order valence-electron chi connectivity index (χ3n) is 1.99. The maximum Gasteiger partial charge on any atom is 0.327 e. The van der Waals surface area contributed by atoms with Crippen molar-refractivity contribution in [3.05, 3.63) is 61.8 Å². The Morgan fingerprint density at radius 2 is 1.94 bits per heavy atom. The van der Waals surface area contributed by atoms with Gasteiger partial charge in [0.15, 0.2) is 0 Å². The summed E-state index contributed by atoms with van der Waals surface area (Å²) in [6.45, 7) is 0. The predicted molar refractivity (Wildman–Crippen MR) is 66.4 cm³/mol. The average molecular weight is 250 g/mol. The van der Waals surface area contributed by atoms with E-state index in [2.05, 4.69) is 15.0 Å². The number of benzene rings is 1. The van der Waals surface area contributed by atoms with E-state index in [4.69, 9.17) is 11.6 Å². The van der Waals surface area contributed by atoms with E-state index in [1.807, 2.05) is 6.07 Å². The maximum absolute atomic E-state index is 11.0. The molecule has 0 fully saturated rings. The van der Waals surface area contributed by atoms with Gasteiger partial charge in [0.25, 0.3) is 5.56 Å². The number of aromatic amines is 2. The highest BCUT2D eigenvalue weighted by Crippen LogP contribution is 2.13. The third-order valence-corrected chi connectivity index (χ3v) is 2.34. The lowest BCUT2D eigenvalue weighted by molar-refractivity contribution is 1.03. The van der Waals surface area contributed by atoms with Gasteiger partial charge in [0.2, 0.25) is 0 Å². The number of hydrogen-bond acceptors (Lipinski definition) is 3. The smallest absolute Gasteiger partial charge is 0.292 e. The molecule has 1 aromatic heterocycles. The summed E-state index contributed by atoms with van der Waals surface area (Å²) in [6, 6.07) is 8.30. The van der Waals surface area contributed by atoms with Crippen molar-refractivity contribution in [1.29, 1.82) is 0 Å². The molecule has 0 aliphatic carbocycles. The molecule has 2 aromatic rings. The standard InChI is InChI=1S/C11H8ClN3O2/c12-8-4-2-1-3-7(8)6-13-9-5-10(16)15-11(17)14-9/h1-6H,(H2,14,15,16,17)/b13-6+. The fraction of sp³-hybridized carbons (Fsp3) is 0. The zero-order valence-corrected chi connectivity index (χ0v) is 9.36. The number of rotatable bonds is 2. The second-order valence-corrected chi connectivity index (χ2v) is 3.66. The summed E-state index contributed by atoms with van der Waals surface area (Å²) < 4.78 is 0. The van der Waals surface area contributed by atoms with Crippen LogP contribution in [-0.2, 0) is 0 Å². The van der Waals surface area contributed by atoms with Crippen LogP contribution in [0.4, 0.5) is 5.82 Å². The molecule has 1 aromatic carbocycles. The van der Waals surface area contributed by atoms with E-state index in [9.17, 15) is 9.59 Å². The van der Waals surface area contributed by atoms with Gasteiger partial charge in [-0.2, -0.15) is 0 Å². The van der Waals surface area contributed by atoms with E-state index < -0.39 is 11.2 Å². The van der Waals surface area contributed by atoms with Gasteiger partial charge in [-0.25, -0.2) is 9.79 Å². The van der Waals surface area contributed by atoms with E-state index >= 15 is 0 Å². The lowest BCUT2D eigenvalue weighted by Crippen LogP contribution is -2.20. The fourth-order valence-corrected chi connectivity index (χ4v) is 1.43. The van der Waals surface area contributed by atoms with Crippen molar-refractivity contribution < 1.29 is 0 Å². The molecule has 0 spiro atoms. The molecule has 0 aliphatic heterocycles.